The minimum absolute atomic E-state index is 0.682. The lowest BCUT2D eigenvalue weighted by Gasteiger charge is -2.11. The Labute approximate surface area is 130 Å². The van der Waals surface area contributed by atoms with Gasteiger partial charge in [0.1, 0.15) is 0 Å². The van der Waals surface area contributed by atoms with Crippen molar-refractivity contribution < 1.29 is 0 Å². The molecule has 110 valence electrons. The van der Waals surface area contributed by atoms with E-state index in [0.29, 0.717) is 5.92 Å². The van der Waals surface area contributed by atoms with Crippen LogP contribution in [-0.2, 0) is 13.1 Å². The van der Waals surface area contributed by atoms with Crippen LogP contribution >= 0.6 is 11.3 Å². The van der Waals surface area contributed by atoms with Gasteiger partial charge in [-0.2, -0.15) is 11.3 Å². The molecular formula is C18H22N2S. The molecule has 2 aromatic heterocycles. The van der Waals surface area contributed by atoms with Gasteiger partial charge >= 0.3 is 0 Å². The Kier molecular flexibility index (Phi) is 4.42. The van der Waals surface area contributed by atoms with Crippen LogP contribution in [0.5, 0.6) is 0 Å². The van der Waals surface area contributed by atoms with E-state index < -0.39 is 0 Å². The van der Waals surface area contributed by atoms with Gasteiger partial charge < -0.3 is 9.88 Å². The van der Waals surface area contributed by atoms with Gasteiger partial charge in [0.15, 0.2) is 0 Å². The van der Waals surface area contributed by atoms with Gasteiger partial charge in [0, 0.05) is 19.3 Å². The molecule has 3 heteroatoms. The number of hydrogen-bond donors (Lipinski definition) is 1. The van der Waals surface area contributed by atoms with Crippen LogP contribution in [-0.4, -0.2) is 11.1 Å². The highest BCUT2D eigenvalue weighted by molar-refractivity contribution is 7.07. The maximum absolute atomic E-state index is 3.56. The van der Waals surface area contributed by atoms with Crippen LogP contribution in [0.1, 0.15) is 25.0 Å². The summed E-state index contributed by atoms with van der Waals surface area (Å²) in [5.74, 6) is 0.682. The second kappa shape index (κ2) is 6.46. The highest BCUT2D eigenvalue weighted by atomic mass is 32.1. The van der Waals surface area contributed by atoms with Gasteiger partial charge in [0.25, 0.3) is 0 Å². The topological polar surface area (TPSA) is 17.0 Å². The Hall–Kier alpha value is -1.58. The number of nitrogens with zero attached hydrogens (tertiary/aromatic N) is 1. The molecule has 0 fully saturated rings. The van der Waals surface area contributed by atoms with E-state index in [-0.39, 0.29) is 0 Å². The second-order valence-electron chi connectivity index (χ2n) is 5.95. The van der Waals surface area contributed by atoms with Crippen molar-refractivity contribution in [2.24, 2.45) is 5.92 Å². The zero-order valence-corrected chi connectivity index (χ0v) is 13.5. The normalized spacial score (nSPS) is 11.6. The van der Waals surface area contributed by atoms with Gasteiger partial charge in [-0.05, 0) is 51.9 Å². The smallest absolute Gasteiger partial charge is 0.0529 e. The molecule has 21 heavy (non-hydrogen) atoms. The number of fused-ring (bicyclic) bond motifs is 1. The quantitative estimate of drug-likeness (QED) is 0.709. The van der Waals surface area contributed by atoms with E-state index in [2.05, 4.69) is 71.0 Å². The van der Waals surface area contributed by atoms with E-state index in [0.717, 1.165) is 19.6 Å². The molecule has 0 aliphatic heterocycles. The van der Waals surface area contributed by atoms with Crippen molar-refractivity contribution >= 4 is 22.2 Å². The Bertz CT molecular complexity index is 695. The fraction of sp³-hybridized carbons (Fsp3) is 0.333. The third-order valence-corrected chi connectivity index (χ3v) is 4.41. The van der Waals surface area contributed by atoms with Gasteiger partial charge in [-0.3, -0.25) is 0 Å². The fourth-order valence-corrected chi connectivity index (χ4v) is 3.35. The van der Waals surface area contributed by atoms with Crippen molar-refractivity contribution in [3.05, 3.63) is 58.4 Å². The van der Waals surface area contributed by atoms with Crippen molar-refractivity contribution in [2.75, 3.05) is 6.54 Å². The molecule has 1 N–H and O–H groups in total. The number of hydrogen-bond acceptors (Lipinski definition) is 2. The number of nitrogens with one attached hydrogen (secondary N) is 1. The van der Waals surface area contributed by atoms with Crippen LogP contribution in [0.15, 0.2) is 47.3 Å². The molecule has 0 aliphatic carbocycles. The predicted octanol–water partition coefficient (Wildman–Crippen LogP) is 4.50. The summed E-state index contributed by atoms with van der Waals surface area (Å²) < 4.78 is 2.36. The number of para-hydroxylation sites is 1. The lowest BCUT2D eigenvalue weighted by atomic mass is 10.1. The monoisotopic (exact) mass is 298 g/mol. The summed E-state index contributed by atoms with van der Waals surface area (Å²) in [5, 5.41) is 9.26. The SMILES string of the molecule is CC(C)CNCc1cccc2ccn(Cc3ccsc3)c12. The minimum Gasteiger partial charge on any atom is -0.343 e. The molecule has 0 bridgehead atoms. The van der Waals surface area contributed by atoms with Gasteiger partial charge in [0.2, 0.25) is 0 Å². The molecule has 0 saturated carbocycles. The van der Waals surface area contributed by atoms with E-state index in [4.69, 9.17) is 0 Å². The van der Waals surface area contributed by atoms with Crippen LogP contribution < -0.4 is 5.32 Å². The molecule has 2 heterocycles. The molecule has 3 rings (SSSR count). The van der Waals surface area contributed by atoms with Crippen molar-refractivity contribution in [2.45, 2.75) is 26.9 Å². The van der Waals surface area contributed by atoms with E-state index in [1.807, 2.05) is 0 Å². The molecule has 0 atom stereocenters. The zero-order chi connectivity index (χ0) is 14.7. The van der Waals surface area contributed by atoms with Crippen molar-refractivity contribution in [1.82, 2.24) is 9.88 Å². The van der Waals surface area contributed by atoms with Crippen LogP contribution in [0.4, 0.5) is 0 Å². The van der Waals surface area contributed by atoms with Gasteiger partial charge in [-0.25, -0.2) is 0 Å². The number of aromatic nitrogens is 1. The minimum atomic E-state index is 0.682. The predicted molar refractivity (Wildman–Crippen MR) is 91.9 cm³/mol. The second-order valence-corrected chi connectivity index (χ2v) is 6.73. The molecular weight excluding hydrogens is 276 g/mol. The highest BCUT2D eigenvalue weighted by Crippen LogP contribution is 2.22. The summed E-state index contributed by atoms with van der Waals surface area (Å²) in [6.07, 6.45) is 2.20. The van der Waals surface area contributed by atoms with Gasteiger partial charge in [-0.15, -0.1) is 0 Å². The summed E-state index contributed by atoms with van der Waals surface area (Å²) in [6.45, 7) is 7.43. The van der Waals surface area contributed by atoms with Gasteiger partial charge in [-0.1, -0.05) is 32.0 Å². The summed E-state index contributed by atoms with van der Waals surface area (Å²) in [7, 11) is 0. The molecule has 0 spiro atoms. The first kappa shape index (κ1) is 14.4. The average Bonchev–Trinajstić information content (AvgIpc) is 3.10. The summed E-state index contributed by atoms with van der Waals surface area (Å²) in [6, 6.07) is 11.0. The van der Waals surface area contributed by atoms with E-state index in [1.54, 1.807) is 11.3 Å². The first-order chi connectivity index (χ1) is 10.2. The van der Waals surface area contributed by atoms with Crippen LogP contribution in [0.25, 0.3) is 10.9 Å². The summed E-state index contributed by atoms with van der Waals surface area (Å²) in [4.78, 5) is 0. The highest BCUT2D eigenvalue weighted by Gasteiger charge is 2.07. The lowest BCUT2D eigenvalue weighted by molar-refractivity contribution is 0.552. The fourth-order valence-electron chi connectivity index (χ4n) is 2.69. The molecule has 0 amide bonds. The molecule has 1 aromatic carbocycles. The average molecular weight is 298 g/mol. The Morgan fingerprint density at radius 1 is 1.19 bits per heavy atom. The van der Waals surface area contributed by atoms with Crippen LogP contribution in [0.3, 0.4) is 0 Å². The van der Waals surface area contributed by atoms with Crippen molar-refractivity contribution in [1.29, 1.82) is 0 Å². The van der Waals surface area contributed by atoms with Crippen molar-refractivity contribution in [3.8, 4) is 0 Å². The molecule has 2 nitrogen and oxygen atoms in total. The molecule has 0 saturated heterocycles. The third kappa shape index (κ3) is 3.36. The van der Waals surface area contributed by atoms with Crippen molar-refractivity contribution in [3.63, 3.8) is 0 Å². The maximum atomic E-state index is 3.56. The Morgan fingerprint density at radius 2 is 2.10 bits per heavy atom. The summed E-state index contributed by atoms with van der Waals surface area (Å²) in [5.41, 5.74) is 4.12. The lowest BCUT2D eigenvalue weighted by Crippen LogP contribution is -2.19. The summed E-state index contributed by atoms with van der Waals surface area (Å²) >= 11 is 1.76. The number of benzene rings is 1. The maximum Gasteiger partial charge on any atom is 0.0529 e. The number of thiophene rings is 1. The molecule has 0 radical (unpaired) electrons. The zero-order valence-electron chi connectivity index (χ0n) is 12.7. The molecule has 0 unspecified atom stereocenters. The van der Waals surface area contributed by atoms with Gasteiger partial charge in [0.05, 0.1) is 5.52 Å². The third-order valence-electron chi connectivity index (χ3n) is 3.67. The largest absolute Gasteiger partial charge is 0.343 e. The van der Waals surface area contributed by atoms with E-state index >= 15 is 0 Å². The molecule has 3 aromatic rings. The van der Waals surface area contributed by atoms with E-state index in [9.17, 15) is 0 Å². The van der Waals surface area contributed by atoms with E-state index in [1.165, 1.54) is 22.0 Å². The Balaban J connectivity index is 1.87. The van der Waals surface area contributed by atoms with Crippen LogP contribution in [0, 0.1) is 5.92 Å². The van der Waals surface area contributed by atoms with Crippen LogP contribution in [0.2, 0.25) is 0 Å². The Morgan fingerprint density at radius 3 is 2.86 bits per heavy atom. The number of rotatable bonds is 6. The first-order valence-electron chi connectivity index (χ1n) is 7.52. The standard InChI is InChI=1S/C18H22N2S/c1-14(2)10-19-11-17-5-3-4-16-6-8-20(18(16)17)12-15-7-9-21-13-15/h3-9,13-14,19H,10-12H2,1-2H3. The molecule has 0 aliphatic rings. The first-order valence-corrected chi connectivity index (χ1v) is 8.47.